The summed E-state index contributed by atoms with van der Waals surface area (Å²) in [7, 11) is 2.31. The second-order valence-electron chi connectivity index (χ2n) is 6.58. The Bertz CT molecular complexity index is 443. The van der Waals surface area contributed by atoms with Gasteiger partial charge in [0.25, 0.3) is 0 Å². The fourth-order valence-electron chi connectivity index (χ4n) is 4.06. The monoisotopic (exact) mass is 258 g/mol. The molecule has 0 aliphatic heterocycles. The zero-order chi connectivity index (χ0) is 13.4. The molecular formula is C17H26N2. The highest BCUT2D eigenvalue weighted by molar-refractivity contribution is 5.37. The first-order valence-corrected chi connectivity index (χ1v) is 7.73. The van der Waals surface area contributed by atoms with Crippen molar-refractivity contribution in [2.75, 3.05) is 7.05 Å². The lowest BCUT2D eigenvalue weighted by Gasteiger charge is -2.38. The normalized spacial score (nSPS) is 34.5. The molecule has 2 aliphatic carbocycles. The minimum atomic E-state index is 0.227. The molecule has 0 spiro atoms. The zero-order valence-corrected chi connectivity index (χ0v) is 12.2. The lowest BCUT2D eigenvalue weighted by atomic mass is 9.85. The van der Waals surface area contributed by atoms with Gasteiger partial charge in [-0.2, -0.15) is 0 Å². The van der Waals surface area contributed by atoms with Crippen molar-refractivity contribution in [1.29, 1.82) is 0 Å². The number of hydrogen-bond donors (Lipinski definition) is 1. The minimum Gasteiger partial charge on any atom is -0.324 e. The molecule has 0 radical (unpaired) electrons. The molecule has 19 heavy (non-hydrogen) atoms. The first-order valence-electron chi connectivity index (χ1n) is 7.73. The van der Waals surface area contributed by atoms with Crippen LogP contribution in [0.25, 0.3) is 0 Å². The lowest BCUT2D eigenvalue weighted by Crippen LogP contribution is -2.37. The Morgan fingerprint density at radius 2 is 1.84 bits per heavy atom. The van der Waals surface area contributed by atoms with E-state index in [1.54, 1.807) is 0 Å². The summed E-state index contributed by atoms with van der Waals surface area (Å²) in [5.41, 5.74) is 9.14. The molecule has 1 aromatic rings. The molecule has 1 saturated carbocycles. The van der Waals surface area contributed by atoms with E-state index in [-0.39, 0.29) is 6.04 Å². The van der Waals surface area contributed by atoms with Crippen LogP contribution in [0.3, 0.4) is 0 Å². The molecule has 4 atom stereocenters. The highest BCUT2D eigenvalue weighted by atomic mass is 15.2. The lowest BCUT2D eigenvalue weighted by molar-refractivity contribution is 0.115. The highest BCUT2D eigenvalue weighted by Gasteiger charge is 2.34. The molecule has 104 valence electrons. The summed E-state index contributed by atoms with van der Waals surface area (Å²) in [5, 5.41) is 0. The Morgan fingerprint density at radius 1 is 1.11 bits per heavy atom. The average Bonchev–Trinajstić information content (AvgIpc) is 2.76. The quantitative estimate of drug-likeness (QED) is 0.877. The number of rotatable bonds is 2. The van der Waals surface area contributed by atoms with E-state index in [4.69, 9.17) is 5.73 Å². The second kappa shape index (κ2) is 5.26. The van der Waals surface area contributed by atoms with Gasteiger partial charge in [-0.3, -0.25) is 4.90 Å². The van der Waals surface area contributed by atoms with E-state index >= 15 is 0 Å². The molecule has 1 fully saturated rings. The minimum absolute atomic E-state index is 0.227. The van der Waals surface area contributed by atoms with Gasteiger partial charge in [-0.05, 0) is 43.4 Å². The van der Waals surface area contributed by atoms with Crippen molar-refractivity contribution in [1.82, 2.24) is 4.90 Å². The van der Waals surface area contributed by atoms with Gasteiger partial charge >= 0.3 is 0 Å². The SMILES string of the molecule is CC1CCCC(N(C)C2CC(N)c3ccccc32)C1. The molecule has 2 heteroatoms. The van der Waals surface area contributed by atoms with Crippen molar-refractivity contribution >= 4 is 0 Å². The van der Waals surface area contributed by atoms with Gasteiger partial charge in [0.15, 0.2) is 0 Å². The molecule has 0 bridgehead atoms. The van der Waals surface area contributed by atoms with Gasteiger partial charge in [0.1, 0.15) is 0 Å². The van der Waals surface area contributed by atoms with E-state index in [0.717, 1.165) is 18.4 Å². The molecule has 2 aliphatic rings. The van der Waals surface area contributed by atoms with Crippen LogP contribution in [0.4, 0.5) is 0 Å². The number of benzene rings is 1. The summed E-state index contributed by atoms with van der Waals surface area (Å²) in [6.07, 6.45) is 6.58. The van der Waals surface area contributed by atoms with Crippen molar-refractivity contribution in [3.05, 3.63) is 35.4 Å². The molecule has 4 unspecified atom stereocenters. The van der Waals surface area contributed by atoms with Crippen LogP contribution < -0.4 is 5.73 Å². The Labute approximate surface area is 117 Å². The van der Waals surface area contributed by atoms with Crippen molar-refractivity contribution < 1.29 is 0 Å². The maximum Gasteiger partial charge on any atom is 0.0369 e. The first-order chi connectivity index (χ1) is 9.16. The van der Waals surface area contributed by atoms with Gasteiger partial charge in [0, 0.05) is 18.1 Å². The topological polar surface area (TPSA) is 29.3 Å². The van der Waals surface area contributed by atoms with Gasteiger partial charge in [-0.15, -0.1) is 0 Å². The molecule has 1 aromatic carbocycles. The molecule has 0 saturated heterocycles. The predicted molar refractivity (Wildman–Crippen MR) is 79.9 cm³/mol. The van der Waals surface area contributed by atoms with Crippen molar-refractivity contribution in [2.45, 2.75) is 57.2 Å². The Balaban J connectivity index is 1.79. The smallest absolute Gasteiger partial charge is 0.0369 e. The predicted octanol–water partition coefficient (Wildman–Crippen LogP) is 3.64. The standard InChI is InChI=1S/C17H26N2/c1-12-6-5-7-13(10-12)19(2)17-11-16(18)14-8-3-4-9-15(14)17/h3-4,8-9,12-13,16-17H,5-7,10-11,18H2,1-2H3. The van der Waals surface area contributed by atoms with Crippen LogP contribution in [0.5, 0.6) is 0 Å². The molecular weight excluding hydrogens is 232 g/mol. The van der Waals surface area contributed by atoms with Gasteiger partial charge in [0.2, 0.25) is 0 Å². The first kappa shape index (κ1) is 13.1. The van der Waals surface area contributed by atoms with E-state index in [0.29, 0.717) is 6.04 Å². The Hall–Kier alpha value is -0.860. The molecule has 0 aromatic heterocycles. The largest absolute Gasteiger partial charge is 0.324 e. The number of nitrogens with zero attached hydrogens (tertiary/aromatic N) is 1. The molecule has 0 amide bonds. The van der Waals surface area contributed by atoms with Crippen LogP contribution in [0.1, 0.15) is 62.2 Å². The fraction of sp³-hybridized carbons (Fsp3) is 0.647. The van der Waals surface area contributed by atoms with Crippen molar-refractivity contribution in [3.8, 4) is 0 Å². The van der Waals surface area contributed by atoms with Gasteiger partial charge in [-0.25, -0.2) is 0 Å². The highest BCUT2D eigenvalue weighted by Crippen LogP contribution is 2.42. The summed E-state index contributed by atoms with van der Waals surface area (Å²) in [4.78, 5) is 2.61. The number of fused-ring (bicyclic) bond motifs is 1. The second-order valence-corrected chi connectivity index (χ2v) is 6.58. The van der Waals surface area contributed by atoms with Crippen molar-refractivity contribution in [2.24, 2.45) is 11.7 Å². The van der Waals surface area contributed by atoms with E-state index in [1.165, 1.54) is 36.8 Å². The summed E-state index contributed by atoms with van der Waals surface area (Å²) >= 11 is 0. The van der Waals surface area contributed by atoms with Crippen LogP contribution >= 0.6 is 0 Å². The molecule has 2 nitrogen and oxygen atoms in total. The molecule has 3 rings (SSSR count). The number of nitrogens with two attached hydrogens (primary N) is 1. The van der Waals surface area contributed by atoms with Gasteiger partial charge < -0.3 is 5.73 Å². The van der Waals surface area contributed by atoms with E-state index < -0.39 is 0 Å². The Kier molecular flexibility index (Phi) is 3.64. The third-order valence-corrected chi connectivity index (χ3v) is 5.21. The molecule has 2 N–H and O–H groups in total. The fourth-order valence-corrected chi connectivity index (χ4v) is 4.06. The summed E-state index contributed by atoms with van der Waals surface area (Å²) in [6.45, 7) is 2.40. The van der Waals surface area contributed by atoms with Crippen LogP contribution in [-0.4, -0.2) is 18.0 Å². The third-order valence-electron chi connectivity index (χ3n) is 5.21. The molecule has 0 heterocycles. The summed E-state index contributed by atoms with van der Waals surface area (Å²) < 4.78 is 0. The van der Waals surface area contributed by atoms with E-state index in [9.17, 15) is 0 Å². The third kappa shape index (κ3) is 2.44. The summed E-state index contributed by atoms with van der Waals surface area (Å²) in [6, 6.07) is 10.2. The van der Waals surface area contributed by atoms with Crippen LogP contribution in [0.15, 0.2) is 24.3 Å². The zero-order valence-electron chi connectivity index (χ0n) is 12.2. The maximum atomic E-state index is 6.30. The van der Waals surface area contributed by atoms with Gasteiger partial charge in [0.05, 0.1) is 0 Å². The average molecular weight is 258 g/mol. The van der Waals surface area contributed by atoms with Crippen LogP contribution in [0.2, 0.25) is 0 Å². The van der Waals surface area contributed by atoms with Crippen LogP contribution in [0, 0.1) is 5.92 Å². The van der Waals surface area contributed by atoms with Gasteiger partial charge in [-0.1, -0.05) is 44.0 Å². The van der Waals surface area contributed by atoms with Crippen LogP contribution in [-0.2, 0) is 0 Å². The van der Waals surface area contributed by atoms with Crippen molar-refractivity contribution in [3.63, 3.8) is 0 Å². The number of hydrogen-bond acceptors (Lipinski definition) is 2. The maximum absolute atomic E-state index is 6.30. The Morgan fingerprint density at radius 3 is 2.58 bits per heavy atom. The van der Waals surface area contributed by atoms with E-state index in [1.807, 2.05) is 0 Å². The summed E-state index contributed by atoms with van der Waals surface area (Å²) in [5.74, 6) is 0.881. The van der Waals surface area contributed by atoms with E-state index in [2.05, 4.69) is 43.1 Å².